The van der Waals surface area contributed by atoms with E-state index in [4.69, 9.17) is 5.73 Å². The number of primary amides is 1. The number of likely N-dealkylation sites (tertiary alicyclic amines) is 1. The zero-order chi connectivity index (χ0) is 31.5. The summed E-state index contributed by atoms with van der Waals surface area (Å²) < 4.78 is 56.7. The number of benzene rings is 1. The van der Waals surface area contributed by atoms with Gasteiger partial charge in [-0.2, -0.15) is 18.2 Å². The van der Waals surface area contributed by atoms with Gasteiger partial charge < -0.3 is 26.2 Å². The highest BCUT2D eigenvalue weighted by atomic mass is 32.1. The van der Waals surface area contributed by atoms with E-state index in [0.717, 1.165) is 57.4 Å². The molecule has 4 N–H and O–H groups in total. The van der Waals surface area contributed by atoms with Crippen molar-refractivity contribution in [2.75, 3.05) is 41.7 Å². The second-order valence-corrected chi connectivity index (χ2v) is 14.0. The van der Waals surface area contributed by atoms with Crippen molar-refractivity contribution in [3.63, 3.8) is 0 Å². The number of amides is 1. The van der Waals surface area contributed by atoms with E-state index in [1.165, 1.54) is 18.9 Å². The molecule has 3 aromatic rings. The zero-order valence-corrected chi connectivity index (χ0v) is 25.8. The molecule has 8 nitrogen and oxygen atoms in total. The fourth-order valence-corrected chi connectivity index (χ4v) is 8.54. The van der Waals surface area contributed by atoms with Crippen molar-refractivity contribution in [2.45, 2.75) is 57.3 Å². The van der Waals surface area contributed by atoms with Crippen LogP contribution < -0.4 is 21.3 Å². The maximum Gasteiger partial charge on any atom is 0.425 e. The number of allylic oxidation sites excluding steroid dienone is 1. The van der Waals surface area contributed by atoms with Gasteiger partial charge in [0.2, 0.25) is 11.9 Å². The van der Waals surface area contributed by atoms with Crippen LogP contribution in [-0.4, -0.2) is 59.0 Å². The molecule has 1 saturated carbocycles. The summed E-state index contributed by atoms with van der Waals surface area (Å²) in [5.41, 5.74) is 6.72. The Kier molecular flexibility index (Phi) is 7.87. The number of rotatable bonds is 7. The Bertz CT molecular complexity index is 1610. The summed E-state index contributed by atoms with van der Waals surface area (Å²) in [5.74, 6) is -0.374. The van der Waals surface area contributed by atoms with Gasteiger partial charge in [0.15, 0.2) is 0 Å². The molecule has 2 aromatic heterocycles. The van der Waals surface area contributed by atoms with Gasteiger partial charge in [0.1, 0.15) is 16.5 Å². The smallest absolute Gasteiger partial charge is 0.369 e. The van der Waals surface area contributed by atoms with E-state index in [2.05, 4.69) is 37.3 Å². The van der Waals surface area contributed by atoms with E-state index in [1.54, 1.807) is 12.1 Å². The maximum absolute atomic E-state index is 15.5. The first-order chi connectivity index (χ1) is 21.5. The molecule has 0 spiro atoms. The Balaban J connectivity index is 1.10. The van der Waals surface area contributed by atoms with Crippen LogP contribution in [0.5, 0.6) is 0 Å². The van der Waals surface area contributed by atoms with Crippen LogP contribution in [0.2, 0.25) is 0 Å². The molecule has 13 heteroatoms. The summed E-state index contributed by atoms with van der Waals surface area (Å²) >= 11 is 0.545. The minimum absolute atomic E-state index is 0.00577. The molecule has 7 rings (SSSR count). The zero-order valence-electron chi connectivity index (χ0n) is 25.0. The highest BCUT2D eigenvalue weighted by Gasteiger charge is 2.48. The highest BCUT2D eigenvalue weighted by Crippen LogP contribution is 2.46. The first-order valence-electron chi connectivity index (χ1n) is 15.7. The lowest BCUT2D eigenvalue weighted by Gasteiger charge is -2.42. The first-order valence-corrected chi connectivity index (χ1v) is 16.5. The summed E-state index contributed by atoms with van der Waals surface area (Å²) in [6.45, 7) is 6.14. The first kappa shape index (κ1) is 30.2. The number of hydrogen-bond acceptors (Lipinski definition) is 8. The lowest BCUT2D eigenvalue weighted by molar-refractivity contribution is -0.134. The molecule has 1 aromatic carbocycles. The molecule has 2 saturated heterocycles. The van der Waals surface area contributed by atoms with Gasteiger partial charge in [0.25, 0.3) is 0 Å². The third-order valence-electron chi connectivity index (χ3n) is 10.1. The molecule has 45 heavy (non-hydrogen) atoms. The van der Waals surface area contributed by atoms with Crippen LogP contribution in [-0.2, 0) is 11.0 Å². The van der Waals surface area contributed by atoms with Gasteiger partial charge in [-0.3, -0.25) is 4.79 Å². The van der Waals surface area contributed by atoms with Crippen molar-refractivity contribution < 1.29 is 22.4 Å². The molecule has 4 atom stereocenters. The van der Waals surface area contributed by atoms with E-state index in [9.17, 15) is 18.0 Å². The highest BCUT2D eigenvalue weighted by molar-refractivity contribution is 7.19. The van der Waals surface area contributed by atoms with Crippen molar-refractivity contribution >= 4 is 50.6 Å². The molecule has 2 bridgehead atoms. The van der Waals surface area contributed by atoms with Crippen LogP contribution >= 0.6 is 11.3 Å². The third-order valence-corrected chi connectivity index (χ3v) is 11.3. The second-order valence-electron chi connectivity index (χ2n) is 13.0. The summed E-state index contributed by atoms with van der Waals surface area (Å²) in [4.78, 5) is 25.0. The minimum Gasteiger partial charge on any atom is -0.369 e. The van der Waals surface area contributed by atoms with Crippen LogP contribution in [0.3, 0.4) is 0 Å². The second kappa shape index (κ2) is 11.7. The molecule has 2 aliphatic carbocycles. The Labute approximate surface area is 263 Å². The Hall–Kier alpha value is -3.45. The van der Waals surface area contributed by atoms with Gasteiger partial charge in [0, 0.05) is 30.9 Å². The molecule has 2 aliphatic heterocycles. The quantitative estimate of drug-likeness (QED) is 0.203. The van der Waals surface area contributed by atoms with Crippen LogP contribution in [0.25, 0.3) is 10.2 Å². The summed E-state index contributed by atoms with van der Waals surface area (Å²) in [5, 5.41) is 6.24. The number of aromatic nitrogens is 2. The number of fused-ring (bicyclic) bond motifs is 3. The van der Waals surface area contributed by atoms with Gasteiger partial charge in [-0.15, -0.1) is 11.3 Å². The van der Waals surface area contributed by atoms with Crippen molar-refractivity contribution in [2.24, 2.45) is 29.4 Å². The number of thiophene rings is 1. The molecule has 1 amide bonds. The Morgan fingerprint density at radius 1 is 1.02 bits per heavy atom. The topological polar surface area (TPSA) is 99.4 Å². The Morgan fingerprint density at radius 3 is 2.44 bits per heavy atom. The molecule has 3 fully saturated rings. The average Bonchev–Trinajstić information content (AvgIpc) is 3.73. The average molecular weight is 644 g/mol. The van der Waals surface area contributed by atoms with Gasteiger partial charge in [-0.25, -0.2) is 9.37 Å². The monoisotopic (exact) mass is 643 g/mol. The maximum atomic E-state index is 15.5. The van der Waals surface area contributed by atoms with Gasteiger partial charge in [-0.05, 0) is 87.2 Å². The minimum atomic E-state index is -4.55. The largest absolute Gasteiger partial charge is 0.425 e. The number of nitrogens with two attached hydrogens (primary N) is 1. The summed E-state index contributed by atoms with van der Waals surface area (Å²) in [7, 11) is 0. The molecule has 2 unspecified atom stereocenters. The van der Waals surface area contributed by atoms with E-state index >= 15 is 4.39 Å². The SMILES string of the molecule is CC1CCN(C2CCN(c3ccc(Nc4nc(N[C@@H]5C6C=CC(C6)[C@@H]5C(N)=O)c5sc(C(F)(F)F)cc5n4)cc3F)CC2)CC1. The van der Waals surface area contributed by atoms with E-state index < -0.39 is 34.7 Å². The van der Waals surface area contributed by atoms with Crippen molar-refractivity contribution in [1.29, 1.82) is 0 Å². The van der Waals surface area contributed by atoms with Crippen LogP contribution in [0.1, 0.15) is 43.9 Å². The van der Waals surface area contributed by atoms with Crippen LogP contribution in [0, 0.1) is 29.5 Å². The molecular formula is C32H37F4N7OS. The fourth-order valence-electron chi connectivity index (χ4n) is 7.62. The number of nitrogens with one attached hydrogen (secondary N) is 2. The van der Waals surface area contributed by atoms with Crippen molar-refractivity contribution in [3.05, 3.63) is 47.1 Å². The van der Waals surface area contributed by atoms with E-state index in [-0.39, 0.29) is 33.8 Å². The van der Waals surface area contributed by atoms with Crippen molar-refractivity contribution in [3.8, 4) is 0 Å². The van der Waals surface area contributed by atoms with Crippen molar-refractivity contribution in [1.82, 2.24) is 14.9 Å². The number of nitrogens with zero attached hydrogens (tertiary/aromatic N) is 4. The summed E-state index contributed by atoms with van der Waals surface area (Å²) in [6.07, 6.45) is 4.63. The predicted molar refractivity (Wildman–Crippen MR) is 168 cm³/mol. The van der Waals surface area contributed by atoms with Crippen LogP contribution in [0.4, 0.5) is 40.7 Å². The lowest BCUT2D eigenvalue weighted by Crippen LogP contribution is -2.47. The van der Waals surface area contributed by atoms with E-state index in [0.29, 0.717) is 28.8 Å². The molecule has 4 heterocycles. The predicted octanol–water partition coefficient (Wildman–Crippen LogP) is 6.38. The molecule has 4 aliphatic rings. The molecule has 0 radical (unpaired) electrons. The number of anilines is 4. The molecular weight excluding hydrogens is 606 g/mol. The summed E-state index contributed by atoms with van der Waals surface area (Å²) in [6, 6.07) is 5.95. The van der Waals surface area contributed by atoms with Gasteiger partial charge in [0.05, 0.1) is 21.8 Å². The number of hydrogen-bond donors (Lipinski definition) is 3. The third kappa shape index (κ3) is 5.96. The number of piperidine rings is 2. The number of carbonyl (C=O) groups is 1. The van der Waals surface area contributed by atoms with Gasteiger partial charge in [-0.1, -0.05) is 19.1 Å². The number of alkyl halides is 3. The molecule has 240 valence electrons. The Morgan fingerprint density at radius 2 is 1.76 bits per heavy atom. The van der Waals surface area contributed by atoms with Gasteiger partial charge >= 0.3 is 6.18 Å². The standard InChI is InChI=1S/C32H37F4N7OS/c1-17-6-10-42(11-7-17)21-8-12-43(13-9-21)24-5-4-20(15-22(24)33)38-31-39-23-16-25(32(34,35)36)45-28(23)30(41-31)40-27-19-3-2-18(14-19)26(27)29(37)44/h2-5,15-19,21,26-27H,6-14H2,1H3,(H2,37,44)(H2,38,39,40,41)/t18?,19?,26-,27+/m0/s1. The normalized spacial score (nSPS) is 26.2. The number of halogens is 4. The number of carbonyl (C=O) groups excluding carboxylic acids is 1. The van der Waals surface area contributed by atoms with Crippen LogP contribution in [0.15, 0.2) is 36.4 Å². The fraction of sp³-hybridized carbons (Fsp3) is 0.531. The van der Waals surface area contributed by atoms with E-state index in [1.807, 2.05) is 12.2 Å². The lowest BCUT2D eigenvalue weighted by atomic mass is 9.88.